The van der Waals surface area contributed by atoms with Gasteiger partial charge in [0.1, 0.15) is 6.04 Å². The van der Waals surface area contributed by atoms with Crippen molar-refractivity contribution in [3.63, 3.8) is 0 Å². The van der Waals surface area contributed by atoms with Crippen molar-refractivity contribution in [3.8, 4) is 11.3 Å². The van der Waals surface area contributed by atoms with Crippen molar-refractivity contribution in [1.82, 2.24) is 24.9 Å². The molecule has 3 atom stereocenters. The summed E-state index contributed by atoms with van der Waals surface area (Å²) in [4.78, 5) is 30.3. The van der Waals surface area contributed by atoms with Gasteiger partial charge in [0, 0.05) is 43.7 Å². The molecule has 37 heavy (non-hydrogen) atoms. The molecule has 2 aliphatic rings. The molecule has 3 unspecified atom stereocenters. The van der Waals surface area contributed by atoms with Crippen molar-refractivity contribution >= 4 is 11.8 Å². The topological polar surface area (TPSA) is 90.7 Å². The molecule has 2 saturated heterocycles. The number of β-amino-alcohol motifs (C(OH)–C–C–N with tert-alkyl or cyclic N) is 1. The van der Waals surface area contributed by atoms with E-state index in [0.29, 0.717) is 12.5 Å². The number of likely N-dealkylation sites (tertiary alicyclic amines) is 2. The summed E-state index contributed by atoms with van der Waals surface area (Å²) in [5, 5.41) is 17.8. The molecule has 2 amide bonds. The summed E-state index contributed by atoms with van der Waals surface area (Å²) in [5.74, 6) is 0.160. The number of hydrogen-bond acceptors (Lipinski definition) is 5. The summed E-state index contributed by atoms with van der Waals surface area (Å²) < 4.78 is 2.00. The third kappa shape index (κ3) is 6.07. The van der Waals surface area contributed by atoms with E-state index in [9.17, 15) is 14.7 Å². The monoisotopic (exact) mass is 509 g/mol. The molecule has 2 aliphatic heterocycles. The minimum absolute atomic E-state index is 0.0596. The van der Waals surface area contributed by atoms with Crippen LogP contribution in [0.4, 0.5) is 0 Å². The third-order valence-electron chi connectivity index (χ3n) is 8.32. The Bertz CT molecular complexity index is 1090. The van der Waals surface area contributed by atoms with Crippen LogP contribution >= 0.6 is 0 Å². The zero-order valence-corrected chi connectivity index (χ0v) is 23.0. The lowest BCUT2D eigenvalue weighted by molar-refractivity contribution is -0.142. The smallest absolute Gasteiger partial charge is 0.243 e. The summed E-state index contributed by atoms with van der Waals surface area (Å²) >= 11 is 0. The fourth-order valence-corrected chi connectivity index (χ4v) is 5.60. The maximum absolute atomic E-state index is 13.3. The molecule has 0 radical (unpaired) electrons. The van der Waals surface area contributed by atoms with Gasteiger partial charge in [0.2, 0.25) is 11.8 Å². The number of amides is 2. The van der Waals surface area contributed by atoms with Crippen LogP contribution < -0.4 is 5.32 Å². The van der Waals surface area contributed by atoms with Crippen LogP contribution in [0.2, 0.25) is 0 Å². The lowest BCUT2D eigenvalue weighted by Gasteiger charge is -2.31. The second-order valence-electron chi connectivity index (χ2n) is 11.2. The van der Waals surface area contributed by atoms with E-state index in [1.54, 1.807) is 4.90 Å². The lowest BCUT2D eigenvalue weighted by Crippen LogP contribution is -2.48. The molecule has 1 aromatic carbocycles. The van der Waals surface area contributed by atoms with Crippen LogP contribution in [-0.2, 0) is 22.7 Å². The van der Waals surface area contributed by atoms with E-state index in [0.717, 1.165) is 49.3 Å². The summed E-state index contributed by atoms with van der Waals surface area (Å²) in [6, 6.07) is 7.94. The van der Waals surface area contributed by atoms with Crippen molar-refractivity contribution in [2.45, 2.75) is 78.1 Å². The predicted molar refractivity (Wildman–Crippen MR) is 145 cm³/mol. The molecule has 4 rings (SSSR count). The summed E-state index contributed by atoms with van der Waals surface area (Å²) in [6.45, 7) is 11.5. The van der Waals surface area contributed by atoms with Crippen LogP contribution in [0.25, 0.3) is 11.3 Å². The van der Waals surface area contributed by atoms with Crippen molar-refractivity contribution in [2.24, 2.45) is 11.8 Å². The van der Waals surface area contributed by atoms with Gasteiger partial charge in [-0.3, -0.25) is 14.3 Å². The molecule has 202 valence electrons. The molecule has 0 spiro atoms. The number of aliphatic hydroxyl groups is 1. The van der Waals surface area contributed by atoms with Crippen LogP contribution in [0.3, 0.4) is 0 Å². The van der Waals surface area contributed by atoms with E-state index < -0.39 is 12.1 Å². The SMILES string of the molecule is CCn1nccc1-c1ccc(CNC(=O)C2CC(O)CN2C(=O)C(C)C(C)C)c(C2CCN(C)CC2)c1. The van der Waals surface area contributed by atoms with E-state index in [4.69, 9.17) is 0 Å². The molecule has 2 aromatic rings. The highest BCUT2D eigenvalue weighted by atomic mass is 16.3. The maximum atomic E-state index is 13.3. The Hall–Kier alpha value is -2.71. The molecule has 2 N–H and O–H groups in total. The third-order valence-corrected chi connectivity index (χ3v) is 8.32. The quantitative estimate of drug-likeness (QED) is 0.570. The number of piperidine rings is 1. The normalized spacial score (nSPS) is 22.0. The fraction of sp³-hybridized carbons (Fsp3) is 0.621. The van der Waals surface area contributed by atoms with E-state index in [1.165, 1.54) is 5.56 Å². The number of rotatable bonds is 8. The van der Waals surface area contributed by atoms with Crippen LogP contribution in [-0.4, -0.2) is 75.3 Å². The first-order chi connectivity index (χ1) is 17.7. The molecule has 0 saturated carbocycles. The fourth-order valence-electron chi connectivity index (χ4n) is 5.60. The average Bonchev–Trinajstić information content (AvgIpc) is 3.53. The van der Waals surface area contributed by atoms with Gasteiger partial charge in [0.05, 0.1) is 11.8 Å². The zero-order chi connectivity index (χ0) is 26.7. The number of nitrogens with one attached hydrogen (secondary N) is 1. The van der Waals surface area contributed by atoms with Gasteiger partial charge in [0.25, 0.3) is 0 Å². The van der Waals surface area contributed by atoms with Crippen molar-refractivity contribution < 1.29 is 14.7 Å². The van der Waals surface area contributed by atoms with Crippen LogP contribution in [0.5, 0.6) is 0 Å². The minimum Gasteiger partial charge on any atom is -0.391 e. The number of nitrogens with zero attached hydrogens (tertiary/aromatic N) is 4. The van der Waals surface area contributed by atoms with Gasteiger partial charge in [-0.05, 0) is 75.0 Å². The number of aromatic nitrogens is 2. The molecule has 3 heterocycles. The number of hydrogen-bond donors (Lipinski definition) is 2. The van der Waals surface area contributed by atoms with Crippen molar-refractivity contribution in [3.05, 3.63) is 41.6 Å². The summed E-state index contributed by atoms with van der Waals surface area (Å²) in [5.41, 5.74) is 4.63. The standard InChI is InChI=1S/C29H43N5O3/c1-6-34-26(9-12-31-34)22-7-8-23(25(15-22)21-10-13-32(5)14-11-21)17-30-28(36)27-16-24(35)18-33(27)29(37)20(4)19(2)3/h7-9,12,15,19-21,24,27,35H,6,10-11,13-14,16-18H2,1-5H3,(H,30,36). The number of aryl methyl sites for hydroxylation is 1. The molecular weight excluding hydrogens is 466 g/mol. The molecule has 0 aliphatic carbocycles. The Balaban J connectivity index is 1.54. The van der Waals surface area contributed by atoms with E-state index in [1.807, 2.05) is 37.7 Å². The van der Waals surface area contributed by atoms with Gasteiger partial charge in [-0.25, -0.2) is 0 Å². The van der Waals surface area contributed by atoms with E-state index >= 15 is 0 Å². The largest absolute Gasteiger partial charge is 0.391 e. The minimum atomic E-state index is -0.670. The van der Waals surface area contributed by atoms with Gasteiger partial charge in [-0.1, -0.05) is 32.9 Å². The highest BCUT2D eigenvalue weighted by molar-refractivity contribution is 5.89. The Labute approximate surface area is 221 Å². The molecule has 2 fully saturated rings. The highest BCUT2D eigenvalue weighted by Crippen LogP contribution is 2.33. The Kier molecular flexibility index (Phi) is 8.70. The van der Waals surface area contributed by atoms with Gasteiger partial charge in [-0.2, -0.15) is 5.10 Å². The predicted octanol–water partition coefficient (Wildman–Crippen LogP) is 3.25. The van der Waals surface area contributed by atoms with E-state index in [-0.39, 0.29) is 36.6 Å². The van der Waals surface area contributed by atoms with Crippen molar-refractivity contribution in [1.29, 1.82) is 0 Å². The average molecular weight is 510 g/mol. The van der Waals surface area contributed by atoms with Gasteiger partial charge in [0.15, 0.2) is 0 Å². The number of benzene rings is 1. The maximum Gasteiger partial charge on any atom is 0.243 e. The van der Waals surface area contributed by atoms with E-state index in [2.05, 4.69) is 47.5 Å². The Morgan fingerprint density at radius 3 is 2.57 bits per heavy atom. The molecule has 8 heteroatoms. The second-order valence-corrected chi connectivity index (χ2v) is 11.2. The molecule has 8 nitrogen and oxygen atoms in total. The molecular formula is C29H43N5O3. The van der Waals surface area contributed by atoms with Crippen LogP contribution in [0, 0.1) is 11.8 Å². The molecule has 1 aromatic heterocycles. The first-order valence-electron chi connectivity index (χ1n) is 13.8. The second kappa shape index (κ2) is 11.8. The lowest BCUT2D eigenvalue weighted by atomic mass is 9.85. The number of carbonyl (C=O) groups excluding carboxylic acids is 2. The van der Waals surface area contributed by atoms with Crippen molar-refractivity contribution in [2.75, 3.05) is 26.7 Å². The van der Waals surface area contributed by atoms with Crippen LogP contribution in [0.1, 0.15) is 64.0 Å². The number of carbonyl (C=O) groups is 2. The van der Waals surface area contributed by atoms with Crippen LogP contribution in [0.15, 0.2) is 30.5 Å². The highest BCUT2D eigenvalue weighted by Gasteiger charge is 2.40. The van der Waals surface area contributed by atoms with Gasteiger partial charge < -0.3 is 20.2 Å². The van der Waals surface area contributed by atoms with Gasteiger partial charge >= 0.3 is 0 Å². The Morgan fingerprint density at radius 2 is 1.89 bits per heavy atom. The first kappa shape index (κ1) is 27.3. The number of aliphatic hydroxyl groups excluding tert-OH is 1. The summed E-state index contributed by atoms with van der Waals surface area (Å²) in [7, 11) is 2.16. The van der Waals surface area contributed by atoms with Gasteiger partial charge in [-0.15, -0.1) is 0 Å². The summed E-state index contributed by atoms with van der Waals surface area (Å²) in [6.07, 6.45) is 3.61. The molecule has 0 bridgehead atoms. The first-order valence-corrected chi connectivity index (χ1v) is 13.8. The zero-order valence-electron chi connectivity index (χ0n) is 23.0. The Morgan fingerprint density at radius 1 is 1.16 bits per heavy atom.